The fourth-order valence-corrected chi connectivity index (χ4v) is 1.76. The van der Waals surface area contributed by atoms with Crippen molar-refractivity contribution in [1.29, 1.82) is 0 Å². The van der Waals surface area contributed by atoms with Crippen LogP contribution in [0.1, 0.15) is 11.4 Å². The minimum Gasteiger partial charge on any atom is -0.199 e. The van der Waals surface area contributed by atoms with Crippen molar-refractivity contribution < 1.29 is 4.40 Å². The molecule has 0 bridgehead atoms. The summed E-state index contributed by atoms with van der Waals surface area (Å²) in [5, 5.41) is 0. The van der Waals surface area contributed by atoms with E-state index in [-0.39, 0.29) is 0 Å². The number of hydrogen-bond donors (Lipinski definition) is 0. The van der Waals surface area contributed by atoms with Crippen LogP contribution in [0, 0.1) is 13.8 Å². The molecular weight excluding hydrogens is 228 g/mol. The van der Waals surface area contributed by atoms with Gasteiger partial charge in [0.15, 0.2) is 5.69 Å². The lowest BCUT2D eigenvalue weighted by Crippen LogP contribution is -2.26. The molecule has 0 unspecified atom stereocenters. The van der Waals surface area contributed by atoms with Crippen LogP contribution in [0.4, 0.5) is 0 Å². The van der Waals surface area contributed by atoms with Gasteiger partial charge in [0.05, 0.1) is 4.47 Å². The molecule has 0 saturated carbocycles. The van der Waals surface area contributed by atoms with Gasteiger partial charge in [0.1, 0.15) is 11.9 Å². The molecule has 66 valence electrons. The molecule has 0 amide bonds. The van der Waals surface area contributed by atoms with Crippen LogP contribution in [0.25, 0.3) is 5.65 Å². The number of hydrogen-bond acceptors (Lipinski definition) is 1. The Hall–Kier alpha value is -0.960. The quantitative estimate of drug-likeness (QED) is 0.643. The molecule has 2 nitrogen and oxygen atoms in total. The van der Waals surface area contributed by atoms with E-state index in [9.17, 15) is 0 Å². The Labute approximate surface area is 85.4 Å². The number of aryl methyl sites for hydroxylation is 2. The lowest BCUT2D eigenvalue weighted by molar-refractivity contribution is -0.523. The second kappa shape index (κ2) is 3.07. The van der Waals surface area contributed by atoms with Gasteiger partial charge in [-0.2, -0.15) is 4.40 Å². The molecule has 2 heterocycles. The molecule has 0 atom stereocenters. The molecule has 2 rings (SSSR count). The first kappa shape index (κ1) is 8.63. The largest absolute Gasteiger partial charge is 0.328 e. The number of rotatable bonds is 0. The van der Waals surface area contributed by atoms with Crippen LogP contribution in [0.15, 0.2) is 28.9 Å². The molecule has 0 fully saturated rings. The second-order valence-corrected chi connectivity index (χ2v) is 4.03. The van der Waals surface area contributed by atoms with E-state index in [1.54, 1.807) is 0 Å². The van der Waals surface area contributed by atoms with Gasteiger partial charge in [0, 0.05) is 19.1 Å². The molecule has 2 aromatic heterocycles. The van der Waals surface area contributed by atoms with Gasteiger partial charge in [0.2, 0.25) is 0 Å². The van der Waals surface area contributed by atoms with Crippen molar-refractivity contribution in [1.82, 2.24) is 4.98 Å². The first-order chi connectivity index (χ1) is 6.16. The van der Waals surface area contributed by atoms with Gasteiger partial charge >= 0.3 is 5.65 Å². The molecule has 3 heteroatoms. The zero-order chi connectivity index (χ0) is 9.42. The van der Waals surface area contributed by atoms with Crippen LogP contribution in [0.3, 0.4) is 0 Å². The minimum absolute atomic E-state index is 0.987. The number of halogens is 1. The number of aromatic nitrogens is 2. The molecule has 0 spiro atoms. The summed E-state index contributed by atoms with van der Waals surface area (Å²) in [5.41, 5.74) is 3.24. The van der Waals surface area contributed by atoms with E-state index in [0.717, 1.165) is 15.8 Å². The second-order valence-electron chi connectivity index (χ2n) is 3.11. The van der Waals surface area contributed by atoms with Crippen LogP contribution in [-0.4, -0.2) is 4.98 Å². The van der Waals surface area contributed by atoms with Crippen molar-refractivity contribution in [3.63, 3.8) is 0 Å². The third-order valence-electron chi connectivity index (χ3n) is 1.98. The lowest BCUT2D eigenvalue weighted by Gasteiger charge is -1.96. The van der Waals surface area contributed by atoms with E-state index in [2.05, 4.69) is 38.3 Å². The Balaban J connectivity index is 2.87. The van der Waals surface area contributed by atoms with Crippen molar-refractivity contribution in [2.45, 2.75) is 13.8 Å². The van der Waals surface area contributed by atoms with E-state index in [0.29, 0.717) is 0 Å². The Morgan fingerprint density at radius 1 is 1.31 bits per heavy atom. The van der Waals surface area contributed by atoms with Gasteiger partial charge in [0.25, 0.3) is 0 Å². The van der Waals surface area contributed by atoms with Crippen molar-refractivity contribution in [2.24, 2.45) is 0 Å². The van der Waals surface area contributed by atoms with E-state index in [1.165, 1.54) is 5.69 Å². The maximum atomic E-state index is 4.42. The first-order valence-corrected chi connectivity index (χ1v) is 4.91. The first-order valence-electron chi connectivity index (χ1n) is 4.12. The Morgan fingerprint density at radius 3 is 2.85 bits per heavy atom. The Kier molecular flexibility index (Phi) is 2.04. The van der Waals surface area contributed by atoms with Crippen LogP contribution < -0.4 is 4.40 Å². The standard InChI is InChI=1S/C10H10BrN2/c1-7-5-8(2)13-6-9(11)3-4-10(13)12-7/h3-6H,1-2H3/q+1. The molecule has 0 saturated heterocycles. The van der Waals surface area contributed by atoms with Crippen LogP contribution in [0.2, 0.25) is 0 Å². The zero-order valence-corrected chi connectivity index (χ0v) is 9.17. The SMILES string of the molecule is Cc1cc(C)[n+]2cc(Br)ccc2n1. The zero-order valence-electron chi connectivity index (χ0n) is 7.58. The highest BCUT2D eigenvalue weighted by atomic mass is 79.9. The molecule has 0 aliphatic rings. The molecule has 0 aliphatic carbocycles. The fourth-order valence-electron chi connectivity index (χ4n) is 1.43. The fraction of sp³-hybridized carbons (Fsp3) is 0.200. The predicted octanol–water partition coefficient (Wildman–Crippen LogP) is 2.20. The molecule has 0 aliphatic heterocycles. The van der Waals surface area contributed by atoms with Crippen LogP contribution in [-0.2, 0) is 0 Å². The maximum absolute atomic E-state index is 4.42. The summed E-state index contributed by atoms with van der Waals surface area (Å²) in [5.74, 6) is 0. The molecule has 0 N–H and O–H groups in total. The molecule has 2 aromatic rings. The summed E-state index contributed by atoms with van der Waals surface area (Å²) >= 11 is 3.44. The third-order valence-corrected chi connectivity index (χ3v) is 2.45. The topological polar surface area (TPSA) is 17.0 Å². The average molecular weight is 238 g/mol. The van der Waals surface area contributed by atoms with Crippen LogP contribution >= 0.6 is 15.9 Å². The molecular formula is C10H10BrN2+. The van der Waals surface area contributed by atoms with Gasteiger partial charge in [-0.1, -0.05) is 0 Å². The van der Waals surface area contributed by atoms with Gasteiger partial charge in [-0.25, -0.2) is 0 Å². The van der Waals surface area contributed by atoms with Gasteiger partial charge < -0.3 is 0 Å². The minimum atomic E-state index is 0.987. The Morgan fingerprint density at radius 2 is 2.08 bits per heavy atom. The molecule has 13 heavy (non-hydrogen) atoms. The third kappa shape index (κ3) is 1.56. The smallest absolute Gasteiger partial charge is 0.199 e. The monoisotopic (exact) mass is 237 g/mol. The van der Waals surface area contributed by atoms with E-state index in [1.807, 2.05) is 25.3 Å². The Bertz CT molecular complexity index is 466. The van der Waals surface area contributed by atoms with Crippen molar-refractivity contribution in [2.75, 3.05) is 0 Å². The highest BCUT2D eigenvalue weighted by Gasteiger charge is 2.07. The van der Waals surface area contributed by atoms with E-state index < -0.39 is 0 Å². The van der Waals surface area contributed by atoms with Crippen molar-refractivity contribution in [3.05, 3.63) is 40.3 Å². The van der Waals surface area contributed by atoms with E-state index >= 15 is 0 Å². The van der Waals surface area contributed by atoms with Crippen LogP contribution in [0.5, 0.6) is 0 Å². The van der Waals surface area contributed by atoms with Crippen molar-refractivity contribution in [3.8, 4) is 0 Å². The summed E-state index contributed by atoms with van der Waals surface area (Å²) in [7, 11) is 0. The van der Waals surface area contributed by atoms with Gasteiger partial charge in [-0.3, -0.25) is 0 Å². The summed E-state index contributed by atoms with van der Waals surface area (Å²) in [6.45, 7) is 4.09. The number of pyridine rings is 1. The maximum Gasteiger partial charge on any atom is 0.328 e. The van der Waals surface area contributed by atoms with Gasteiger partial charge in [-0.15, -0.1) is 0 Å². The number of fused-ring (bicyclic) bond motifs is 1. The van der Waals surface area contributed by atoms with Crippen molar-refractivity contribution >= 4 is 21.6 Å². The predicted molar refractivity (Wildman–Crippen MR) is 54.6 cm³/mol. The van der Waals surface area contributed by atoms with E-state index in [4.69, 9.17) is 0 Å². The summed E-state index contributed by atoms with van der Waals surface area (Å²) in [6, 6.07) is 6.07. The summed E-state index contributed by atoms with van der Waals surface area (Å²) in [4.78, 5) is 4.42. The lowest BCUT2D eigenvalue weighted by atomic mass is 10.3. The number of nitrogens with zero attached hydrogens (tertiary/aromatic N) is 2. The molecule has 0 aromatic carbocycles. The normalized spacial score (nSPS) is 10.7. The van der Waals surface area contributed by atoms with Gasteiger partial charge in [-0.05, 0) is 33.9 Å². The highest BCUT2D eigenvalue weighted by molar-refractivity contribution is 9.10. The highest BCUT2D eigenvalue weighted by Crippen LogP contribution is 2.07. The molecule has 0 radical (unpaired) electrons. The summed E-state index contributed by atoms with van der Waals surface area (Å²) in [6.07, 6.45) is 2.02. The summed E-state index contributed by atoms with van der Waals surface area (Å²) < 4.78 is 3.13. The average Bonchev–Trinajstić information content (AvgIpc) is 2.06.